The molecule has 2 aromatic carbocycles. The highest BCUT2D eigenvalue weighted by molar-refractivity contribution is 7.99. The number of nitrogens with zero attached hydrogens (tertiary/aromatic N) is 3. The van der Waals surface area contributed by atoms with Gasteiger partial charge in [0, 0.05) is 5.69 Å². The number of ether oxygens (including phenoxy) is 2. The molecule has 0 spiro atoms. The molecule has 168 valence electrons. The van der Waals surface area contributed by atoms with Crippen molar-refractivity contribution >= 4 is 23.6 Å². The Bertz CT molecular complexity index is 1040. The van der Waals surface area contributed by atoms with Crippen LogP contribution < -0.4 is 10.1 Å². The van der Waals surface area contributed by atoms with E-state index >= 15 is 0 Å². The van der Waals surface area contributed by atoms with Gasteiger partial charge in [0.1, 0.15) is 11.6 Å². The summed E-state index contributed by atoms with van der Waals surface area (Å²) in [7, 11) is 1.61. The first-order chi connectivity index (χ1) is 15.5. The number of rotatable bonds is 10. The maximum Gasteiger partial charge on any atom is 0.308 e. The summed E-state index contributed by atoms with van der Waals surface area (Å²) in [4.78, 5) is 24.7. The Morgan fingerprint density at radius 3 is 2.47 bits per heavy atom. The lowest BCUT2D eigenvalue weighted by Crippen LogP contribution is -2.32. The molecule has 1 aromatic heterocycles. The van der Waals surface area contributed by atoms with E-state index in [1.807, 2.05) is 66.1 Å². The number of nitrogens with one attached hydrogen (secondary N) is 1. The quantitative estimate of drug-likeness (QED) is 0.370. The monoisotopic (exact) mass is 454 g/mol. The average Bonchev–Trinajstić information content (AvgIpc) is 3.18. The first-order valence-corrected chi connectivity index (χ1v) is 11.2. The molecule has 1 unspecified atom stereocenters. The van der Waals surface area contributed by atoms with Crippen molar-refractivity contribution in [3.05, 3.63) is 66.0 Å². The molecule has 32 heavy (non-hydrogen) atoms. The number of hydrogen-bond donors (Lipinski definition) is 1. The highest BCUT2D eigenvalue weighted by Gasteiger charge is 2.20. The molecule has 0 radical (unpaired) electrons. The van der Waals surface area contributed by atoms with E-state index in [9.17, 15) is 9.59 Å². The summed E-state index contributed by atoms with van der Waals surface area (Å²) in [5.74, 6) is 1.02. The van der Waals surface area contributed by atoms with E-state index in [1.54, 1.807) is 14.0 Å². The van der Waals surface area contributed by atoms with Crippen molar-refractivity contribution in [3.63, 3.8) is 0 Å². The molecule has 0 fully saturated rings. The number of benzene rings is 2. The van der Waals surface area contributed by atoms with Crippen molar-refractivity contribution < 1.29 is 19.1 Å². The van der Waals surface area contributed by atoms with E-state index in [1.165, 1.54) is 11.8 Å². The summed E-state index contributed by atoms with van der Waals surface area (Å²) >= 11 is 1.28. The molecule has 8 nitrogen and oxygen atoms in total. The minimum Gasteiger partial charge on any atom is -0.497 e. The lowest BCUT2D eigenvalue weighted by Gasteiger charge is -2.18. The Balaban J connectivity index is 1.68. The van der Waals surface area contributed by atoms with Gasteiger partial charge in [-0.2, -0.15) is 0 Å². The number of carbonyl (C=O) groups excluding carboxylic acids is 2. The number of amides is 1. The number of thioether (sulfide) groups is 1. The summed E-state index contributed by atoms with van der Waals surface area (Å²) in [6.45, 7) is 3.91. The maximum atomic E-state index is 12.7. The second-order valence-corrected chi connectivity index (χ2v) is 7.83. The fraction of sp³-hybridized carbons (Fsp3) is 0.304. The molecule has 1 heterocycles. The third-order valence-electron chi connectivity index (χ3n) is 4.67. The molecule has 3 rings (SSSR count). The topological polar surface area (TPSA) is 95.3 Å². The van der Waals surface area contributed by atoms with Gasteiger partial charge in [0.25, 0.3) is 0 Å². The lowest BCUT2D eigenvalue weighted by atomic mass is 10.0. The Hall–Kier alpha value is -3.33. The Kier molecular flexibility index (Phi) is 8.27. The van der Waals surface area contributed by atoms with Crippen LogP contribution in [0, 0.1) is 6.92 Å². The smallest absolute Gasteiger partial charge is 0.308 e. The van der Waals surface area contributed by atoms with Crippen molar-refractivity contribution in [1.82, 2.24) is 20.1 Å². The predicted octanol–water partition coefficient (Wildman–Crippen LogP) is 3.49. The number of aromatic nitrogens is 3. The van der Waals surface area contributed by atoms with Gasteiger partial charge in [0.15, 0.2) is 5.16 Å². The highest BCUT2D eigenvalue weighted by Crippen LogP contribution is 2.24. The van der Waals surface area contributed by atoms with Gasteiger partial charge in [0.05, 0.1) is 31.9 Å². The standard InChI is InChI=1S/C23H26N4O4S/c1-4-31-22(29)14-20(17-8-6-5-7-9-17)24-21(28)15-32-23-26-25-16(2)27(23)18-10-12-19(30-3)13-11-18/h5-13,20H,4,14-15H2,1-3H3,(H,24,28). The molecule has 1 atom stereocenters. The number of methoxy groups -OCH3 is 1. The minimum absolute atomic E-state index is 0.0649. The van der Waals surface area contributed by atoms with Crippen molar-refractivity contribution in [2.45, 2.75) is 31.5 Å². The molecule has 9 heteroatoms. The third-order valence-corrected chi connectivity index (χ3v) is 5.60. The molecular formula is C23H26N4O4S. The van der Waals surface area contributed by atoms with Crippen molar-refractivity contribution in [1.29, 1.82) is 0 Å². The minimum atomic E-state index is -0.468. The molecule has 0 aliphatic carbocycles. The van der Waals surface area contributed by atoms with E-state index in [0.29, 0.717) is 17.6 Å². The van der Waals surface area contributed by atoms with Gasteiger partial charge in [0.2, 0.25) is 5.91 Å². The van der Waals surface area contributed by atoms with Gasteiger partial charge in [-0.15, -0.1) is 10.2 Å². The van der Waals surface area contributed by atoms with Gasteiger partial charge in [-0.3, -0.25) is 14.2 Å². The zero-order chi connectivity index (χ0) is 22.9. The van der Waals surface area contributed by atoms with Gasteiger partial charge < -0.3 is 14.8 Å². The molecule has 0 bridgehead atoms. The first-order valence-electron chi connectivity index (χ1n) is 10.2. The van der Waals surface area contributed by atoms with Crippen molar-refractivity contribution in [2.75, 3.05) is 19.5 Å². The van der Waals surface area contributed by atoms with Crippen LogP contribution in [0.4, 0.5) is 0 Å². The summed E-state index contributed by atoms with van der Waals surface area (Å²) in [6.07, 6.45) is 0.0649. The van der Waals surface area contributed by atoms with Crippen LogP contribution in [0.1, 0.15) is 30.8 Å². The van der Waals surface area contributed by atoms with Crippen LogP contribution in [0.15, 0.2) is 59.8 Å². The Morgan fingerprint density at radius 1 is 1.09 bits per heavy atom. The van der Waals surface area contributed by atoms with Gasteiger partial charge in [-0.1, -0.05) is 42.1 Å². The van der Waals surface area contributed by atoms with E-state index < -0.39 is 6.04 Å². The maximum absolute atomic E-state index is 12.7. The third kappa shape index (κ3) is 6.10. The van der Waals surface area contributed by atoms with Crippen LogP contribution in [-0.2, 0) is 14.3 Å². The van der Waals surface area contributed by atoms with Crippen LogP contribution in [0.3, 0.4) is 0 Å². The highest BCUT2D eigenvalue weighted by atomic mass is 32.2. The van der Waals surface area contributed by atoms with Crippen LogP contribution in [0.25, 0.3) is 5.69 Å². The fourth-order valence-electron chi connectivity index (χ4n) is 3.16. The Morgan fingerprint density at radius 2 is 1.81 bits per heavy atom. The Labute approximate surface area is 191 Å². The van der Waals surface area contributed by atoms with Gasteiger partial charge >= 0.3 is 5.97 Å². The summed E-state index contributed by atoms with van der Waals surface area (Å²) < 4.78 is 12.2. The molecule has 1 amide bonds. The second-order valence-electron chi connectivity index (χ2n) is 6.89. The molecule has 0 saturated carbocycles. The average molecular weight is 455 g/mol. The zero-order valence-electron chi connectivity index (χ0n) is 18.3. The van der Waals surface area contributed by atoms with Crippen LogP contribution >= 0.6 is 11.8 Å². The summed E-state index contributed by atoms with van der Waals surface area (Å²) in [5.41, 5.74) is 1.72. The molecular weight excluding hydrogens is 428 g/mol. The molecule has 0 aliphatic heterocycles. The summed E-state index contributed by atoms with van der Waals surface area (Å²) in [6, 6.07) is 16.4. The van der Waals surface area contributed by atoms with Gasteiger partial charge in [-0.05, 0) is 43.7 Å². The SMILES string of the molecule is CCOC(=O)CC(NC(=O)CSc1nnc(C)n1-c1ccc(OC)cc1)c1ccccc1. The second kappa shape index (κ2) is 11.3. The first kappa shape index (κ1) is 23.3. The largest absolute Gasteiger partial charge is 0.497 e. The fourth-order valence-corrected chi connectivity index (χ4v) is 3.96. The number of hydrogen-bond acceptors (Lipinski definition) is 7. The van der Waals surface area contributed by atoms with Gasteiger partial charge in [-0.25, -0.2) is 0 Å². The van der Waals surface area contributed by atoms with Crippen molar-refractivity contribution in [2.24, 2.45) is 0 Å². The normalized spacial score (nSPS) is 11.6. The van der Waals surface area contributed by atoms with E-state index in [4.69, 9.17) is 9.47 Å². The molecule has 0 aliphatic rings. The van der Waals surface area contributed by atoms with Crippen LogP contribution in [-0.4, -0.2) is 46.1 Å². The van der Waals surface area contributed by atoms with Crippen molar-refractivity contribution in [3.8, 4) is 11.4 Å². The summed E-state index contributed by atoms with van der Waals surface area (Å²) in [5, 5.41) is 11.9. The van der Waals surface area contributed by atoms with E-state index in [0.717, 1.165) is 17.0 Å². The number of esters is 1. The lowest BCUT2D eigenvalue weighted by molar-refractivity contribution is -0.143. The molecule has 3 aromatic rings. The van der Waals surface area contributed by atoms with Crippen LogP contribution in [0.5, 0.6) is 5.75 Å². The molecule has 1 N–H and O–H groups in total. The number of carbonyl (C=O) groups is 2. The van der Waals surface area contributed by atoms with E-state index in [-0.39, 0.29) is 24.1 Å². The zero-order valence-corrected chi connectivity index (χ0v) is 19.1. The van der Waals surface area contributed by atoms with E-state index in [2.05, 4.69) is 15.5 Å². The number of aryl methyl sites for hydroxylation is 1. The molecule has 0 saturated heterocycles. The van der Waals surface area contributed by atoms with Crippen LogP contribution in [0.2, 0.25) is 0 Å². The predicted molar refractivity (Wildman–Crippen MR) is 122 cm³/mol.